The number of piperazine rings is 1. The molecule has 0 aromatic heterocycles. The van der Waals surface area contributed by atoms with Crippen molar-refractivity contribution in [2.24, 2.45) is 5.92 Å². The first-order valence-corrected chi connectivity index (χ1v) is 7.79. The number of halogens is 3. The van der Waals surface area contributed by atoms with Gasteiger partial charge in [-0.1, -0.05) is 13.8 Å². The number of phenolic OH excluding ortho intramolecular Hbond substituents is 1. The van der Waals surface area contributed by atoms with Crippen molar-refractivity contribution in [2.45, 2.75) is 32.7 Å². The molecule has 0 bridgehead atoms. The van der Waals surface area contributed by atoms with Gasteiger partial charge in [0.25, 0.3) is 0 Å². The average Bonchev–Trinajstić information content (AvgIpc) is 2.46. The predicted molar refractivity (Wildman–Crippen MR) is 81.4 cm³/mol. The molecule has 1 heterocycles. The summed E-state index contributed by atoms with van der Waals surface area (Å²) in [4.78, 5) is 2.20. The third kappa shape index (κ3) is 5.28. The van der Waals surface area contributed by atoms with Gasteiger partial charge in [-0.2, -0.15) is 0 Å². The molecule has 1 saturated heterocycles. The van der Waals surface area contributed by atoms with Crippen LogP contribution in [0.3, 0.4) is 0 Å². The van der Waals surface area contributed by atoms with Gasteiger partial charge in [0.15, 0.2) is 0 Å². The second kappa shape index (κ2) is 7.40. The fourth-order valence-corrected chi connectivity index (χ4v) is 2.91. The van der Waals surface area contributed by atoms with Crippen LogP contribution in [0.5, 0.6) is 11.5 Å². The summed E-state index contributed by atoms with van der Waals surface area (Å²) in [6.07, 6.45) is -3.99. The summed E-state index contributed by atoms with van der Waals surface area (Å²) < 4.78 is 41.3. The minimum Gasteiger partial charge on any atom is -0.508 e. The molecule has 1 atom stereocenters. The van der Waals surface area contributed by atoms with E-state index in [1.54, 1.807) is 0 Å². The Morgan fingerprint density at radius 2 is 1.91 bits per heavy atom. The summed E-state index contributed by atoms with van der Waals surface area (Å²) in [6.45, 7) is 7.36. The molecule has 0 spiro atoms. The van der Waals surface area contributed by atoms with Crippen LogP contribution in [-0.4, -0.2) is 42.5 Å². The quantitative estimate of drug-likeness (QED) is 0.868. The second-order valence-corrected chi connectivity index (χ2v) is 6.20. The van der Waals surface area contributed by atoms with Crippen molar-refractivity contribution in [3.8, 4) is 11.5 Å². The monoisotopic (exact) mass is 332 g/mol. The van der Waals surface area contributed by atoms with Crippen molar-refractivity contribution >= 4 is 0 Å². The Morgan fingerprint density at radius 1 is 1.26 bits per heavy atom. The Hall–Kier alpha value is -1.47. The van der Waals surface area contributed by atoms with Crippen LogP contribution < -0.4 is 10.1 Å². The van der Waals surface area contributed by atoms with E-state index in [-0.39, 0.29) is 17.5 Å². The van der Waals surface area contributed by atoms with Gasteiger partial charge in [-0.3, -0.25) is 4.90 Å². The number of alkyl halides is 3. The van der Waals surface area contributed by atoms with E-state index in [2.05, 4.69) is 28.8 Å². The molecule has 0 amide bonds. The number of phenols is 1. The Kier molecular flexibility index (Phi) is 5.75. The normalized spacial score (nSPS) is 18.2. The van der Waals surface area contributed by atoms with E-state index in [4.69, 9.17) is 0 Å². The molecule has 4 nitrogen and oxygen atoms in total. The van der Waals surface area contributed by atoms with Gasteiger partial charge in [0.2, 0.25) is 0 Å². The number of nitrogens with one attached hydrogen (secondary N) is 1. The molecule has 23 heavy (non-hydrogen) atoms. The van der Waals surface area contributed by atoms with E-state index in [0.717, 1.165) is 38.7 Å². The third-order valence-corrected chi connectivity index (χ3v) is 3.88. The first-order valence-electron chi connectivity index (χ1n) is 7.79. The largest absolute Gasteiger partial charge is 0.573 e. The van der Waals surface area contributed by atoms with Gasteiger partial charge in [-0.05, 0) is 30.5 Å². The lowest BCUT2D eigenvalue weighted by Gasteiger charge is -2.36. The zero-order chi connectivity index (χ0) is 17.0. The zero-order valence-corrected chi connectivity index (χ0v) is 13.4. The molecule has 1 aliphatic rings. The maximum atomic E-state index is 12.4. The van der Waals surface area contributed by atoms with Crippen LogP contribution in [0, 0.1) is 5.92 Å². The summed E-state index contributed by atoms with van der Waals surface area (Å²) in [5.74, 6) is 0.0550. The number of ether oxygens (including phenoxy) is 1. The number of benzene rings is 1. The average molecular weight is 332 g/mol. The molecule has 0 unspecified atom stereocenters. The lowest BCUT2D eigenvalue weighted by molar-refractivity contribution is -0.274. The molecule has 0 aliphatic carbocycles. The van der Waals surface area contributed by atoms with Crippen LogP contribution in [0.1, 0.15) is 31.9 Å². The lowest BCUT2D eigenvalue weighted by Crippen LogP contribution is -2.45. The first-order chi connectivity index (χ1) is 10.8. The van der Waals surface area contributed by atoms with Gasteiger partial charge < -0.3 is 15.2 Å². The molecular weight excluding hydrogens is 309 g/mol. The van der Waals surface area contributed by atoms with Crippen molar-refractivity contribution < 1.29 is 23.0 Å². The third-order valence-electron chi connectivity index (χ3n) is 3.88. The standard InChI is InChI=1S/C16H23F3N2O2/c1-11(2)9-14(21-7-5-20-6-8-21)13-10-12(3-4-15(13)22)23-16(17,18)19/h3-4,10-11,14,20,22H,5-9H2,1-2H3/t14-/m0/s1. The highest BCUT2D eigenvalue weighted by Crippen LogP contribution is 2.37. The van der Waals surface area contributed by atoms with Crippen molar-refractivity contribution in [2.75, 3.05) is 26.2 Å². The number of aromatic hydroxyl groups is 1. The Bertz CT molecular complexity index is 515. The van der Waals surface area contributed by atoms with Crippen molar-refractivity contribution in [3.63, 3.8) is 0 Å². The van der Waals surface area contributed by atoms with E-state index in [9.17, 15) is 18.3 Å². The van der Waals surface area contributed by atoms with Gasteiger partial charge in [-0.25, -0.2) is 0 Å². The van der Waals surface area contributed by atoms with Crippen molar-refractivity contribution in [1.82, 2.24) is 10.2 Å². The Labute approximate surface area is 134 Å². The van der Waals surface area contributed by atoms with Crippen LogP contribution >= 0.6 is 0 Å². The summed E-state index contributed by atoms with van der Waals surface area (Å²) in [5.41, 5.74) is 0.488. The molecule has 2 rings (SSSR count). The summed E-state index contributed by atoms with van der Waals surface area (Å²) >= 11 is 0. The van der Waals surface area contributed by atoms with Gasteiger partial charge in [0.1, 0.15) is 11.5 Å². The molecule has 7 heteroatoms. The van der Waals surface area contributed by atoms with Crippen LogP contribution in [0.4, 0.5) is 13.2 Å². The van der Waals surface area contributed by atoms with Crippen LogP contribution in [0.2, 0.25) is 0 Å². The maximum Gasteiger partial charge on any atom is 0.573 e. The topological polar surface area (TPSA) is 44.7 Å². The summed E-state index contributed by atoms with van der Waals surface area (Å²) in [7, 11) is 0. The highest BCUT2D eigenvalue weighted by atomic mass is 19.4. The Morgan fingerprint density at radius 3 is 2.48 bits per heavy atom. The van der Waals surface area contributed by atoms with Gasteiger partial charge in [-0.15, -0.1) is 13.2 Å². The molecule has 1 aliphatic heterocycles. The number of nitrogens with zero attached hydrogens (tertiary/aromatic N) is 1. The van der Waals surface area contributed by atoms with E-state index in [0.29, 0.717) is 11.5 Å². The summed E-state index contributed by atoms with van der Waals surface area (Å²) in [6, 6.07) is 3.58. The van der Waals surface area contributed by atoms with Crippen molar-refractivity contribution in [3.05, 3.63) is 23.8 Å². The lowest BCUT2D eigenvalue weighted by atomic mass is 9.94. The van der Waals surface area contributed by atoms with Gasteiger partial charge in [0, 0.05) is 37.8 Å². The van der Waals surface area contributed by atoms with E-state index >= 15 is 0 Å². The van der Waals surface area contributed by atoms with Crippen LogP contribution in [-0.2, 0) is 0 Å². The van der Waals surface area contributed by atoms with E-state index < -0.39 is 6.36 Å². The van der Waals surface area contributed by atoms with Crippen LogP contribution in [0.15, 0.2) is 18.2 Å². The van der Waals surface area contributed by atoms with E-state index in [1.165, 1.54) is 12.1 Å². The molecule has 0 radical (unpaired) electrons. The van der Waals surface area contributed by atoms with Crippen LogP contribution in [0.25, 0.3) is 0 Å². The molecule has 0 saturated carbocycles. The smallest absolute Gasteiger partial charge is 0.508 e. The molecule has 1 aromatic carbocycles. The SMILES string of the molecule is CC(C)C[C@@H](c1cc(OC(F)(F)F)ccc1O)N1CCNCC1. The summed E-state index contributed by atoms with van der Waals surface area (Å²) in [5, 5.41) is 13.4. The fourth-order valence-electron chi connectivity index (χ4n) is 2.91. The maximum absolute atomic E-state index is 12.4. The number of rotatable bonds is 5. The molecule has 130 valence electrons. The molecule has 1 aromatic rings. The minimum absolute atomic E-state index is 0.00343. The predicted octanol–water partition coefficient (Wildman–Crippen LogP) is 3.28. The zero-order valence-electron chi connectivity index (χ0n) is 13.4. The molecule has 1 fully saturated rings. The highest BCUT2D eigenvalue weighted by molar-refractivity contribution is 5.41. The van der Waals surface area contributed by atoms with Gasteiger partial charge >= 0.3 is 6.36 Å². The highest BCUT2D eigenvalue weighted by Gasteiger charge is 2.32. The molecule has 2 N–H and O–H groups in total. The fraction of sp³-hybridized carbons (Fsp3) is 0.625. The van der Waals surface area contributed by atoms with Gasteiger partial charge in [0.05, 0.1) is 0 Å². The second-order valence-electron chi connectivity index (χ2n) is 6.20. The first kappa shape index (κ1) is 17.9. The van der Waals surface area contributed by atoms with Crippen molar-refractivity contribution in [1.29, 1.82) is 0 Å². The number of hydrogen-bond donors (Lipinski definition) is 2. The van der Waals surface area contributed by atoms with E-state index in [1.807, 2.05) is 0 Å². The Balaban J connectivity index is 2.30. The number of hydrogen-bond acceptors (Lipinski definition) is 4. The minimum atomic E-state index is -4.74. The molecular formula is C16H23F3N2O2.